The largest absolute Gasteiger partial charge is 0.295 e. The van der Waals surface area contributed by atoms with Crippen molar-refractivity contribution in [3.05, 3.63) is 34.9 Å². The summed E-state index contributed by atoms with van der Waals surface area (Å²) in [6.07, 6.45) is 1.06. The summed E-state index contributed by atoms with van der Waals surface area (Å²) in [5, 5.41) is 2.17. The number of carbonyl (C=O) groups is 4. The van der Waals surface area contributed by atoms with Crippen LogP contribution in [0, 0.1) is 0 Å². The molecule has 0 aromatic heterocycles. The average molecular weight is 286 g/mol. The molecule has 6 nitrogen and oxygen atoms in total. The summed E-state index contributed by atoms with van der Waals surface area (Å²) in [6, 6.07) is 4.22. The normalized spacial score (nSPS) is 21.6. The lowest BCUT2D eigenvalue weighted by Crippen LogP contribution is -2.54. The second kappa shape index (κ2) is 4.80. The number of fused-ring (bicyclic) bond motifs is 1. The molecule has 0 spiro atoms. The first-order valence-electron chi connectivity index (χ1n) is 6.87. The zero-order chi connectivity index (χ0) is 15.1. The summed E-state index contributed by atoms with van der Waals surface area (Å²) in [7, 11) is 0. The third-order valence-corrected chi connectivity index (χ3v) is 3.91. The molecule has 1 N–H and O–H groups in total. The van der Waals surface area contributed by atoms with Gasteiger partial charge in [-0.15, -0.1) is 0 Å². The van der Waals surface area contributed by atoms with Gasteiger partial charge in [0.15, 0.2) is 0 Å². The van der Waals surface area contributed by atoms with E-state index in [1.54, 1.807) is 18.2 Å². The van der Waals surface area contributed by atoms with Gasteiger partial charge in [0.2, 0.25) is 11.8 Å². The highest BCUT2D eigenvalue weighted by molar-refractivity contribution is 6.23. The Labute approximate surface area is 121 Å². The number of benzene rings is 1. The second-order valence-electron chi connectivity index (χ2n) is 5.18. The van der Waals surface area contributed by atoms with Gasteiger partial charge >= 0.3 is 0 Å². The van der Waals surface area contributed by atoms with Crippen LogP contribution >= 0.6 is 0 Å². The van der Waals surface area contributed by atoms with Crippen molar-refractivity contribution in [2.45, 2.75) is 32.2 Å². The molecule has 108 valence electrons. The van der Waals surface area contributed by atoms with Gasteiger partial charge in [-0.05, 0) is 30.5 Å². The van der Waals surface area contributed by atoms with Gasteiger partial charge in [0, 0.05) is 6.42 Å². The van der Waals surface area contributed by atoms with Crippen LogP contribution in [0.2, 0.25) is 0 Å². The molecule has 2 aliphatic heterocycles. The van der Waals surface area contributed by atoms with Crippen molar-refractivity contribution >= 4 is 23.6 Å². The summed E-state index contributed by atoms with van der Waals surface area (Å²) >= 11 is 0. The maximum absolute atomic E-state index is 12.4. The molecule has 1 aromatic rings. The summed E-state index contributed by atoms with van der Waals surface area (Å²) in [6.45, 7) is 1.96. The molecule has 21 heavy (non-hydrogen) atoms. The molecule has 1 fully saturated rings. The van der Waals surface area contributed by atoms with Crippen LogP contribution < -0.4 is 5.32 Å². The zero-order valence-corrected chi connectivity index (χ0v) is 11.5. The minimum atomic E-state index is -0.903. The highest BCUT2D eigenvalue weighted by atomic mass is 16.2. The van der Waals surface area contributed by atoms with Crippen molar-refractivity contribution in [2.75, 3.05) is 0 Å². The molecule has 0 unspecified atom stereocenters. The summed E-state index contributed by atoms with van der Waals surface area (Å²) in [5.41, 5.74) is 1.62. The van der Waals surface area contributed by atoms with Crippen LogP contribution in [0.4, 0.5) is 0 Å². The number of nitrogens with zero attached hydrogens (tertiary/aromatic N) is 1. The monoisotopic (exact) mass is 286 g/mol. The summed E-state index contributed by atoms with van der Waals surface area (Å²) in [4.78, 5) is 48.9. The molecule has 1 saturated heterocycles. The third-order valence-electron chi connectivity index (χ3n) is 3.91. The Morgan fingerprint density at radius 3 is 2.52 bits per heavy atom. The van der Waals surface area contributed by atoms with Gasteiger partial charge in [-0.25, -0.2) is 0 Å². The van der Waals surface area contributed by atoms with Gasteiger partial charge in [-0.2, -0.15) is 0 Å². The predicted octanol–water partition coefficient (Wildman–Crippen LogP) is 0.650. The standard InChI is InChI=1S/C15H14N2O4/c1-2-8-3-4-9-10(7-8)15(21)17(14(9)20)11-5-6-12(18)16-13(11)19/h3-4,7,11H,2,5-6H2,1H3,(H,16,18,19)/t11-/m1/s1. The Morgan fingerprint density at radius 2 is 1.86 bits per heavy atom. The molecule has 0 radical (unpaired) electrons. The summed E-state index contributed by atoms with van der Waals surface area (Å²) < 4.78 is 0. The Balaban J connectivity index is 1.96. The lowest BCUT2D eigenvalue weighted by molar-refractivity contribution is -0.136. The van der Waals surface area contributed by atoms with Crippen LogP contribution in [-0.4, -0.2) is 34.6 Å². The molecule has 0 aliphatic carbocycles. The van der Waals surface area contributed by atoms with E-state index < -0.39 is 23.8 Å². The molecule has 3 rings (SSSR count). The summed E-state index contributed by atoms with van der Waals surface area (Å²) in [5.74, 6) is -1.88. The lowest BCUT2D eigenvalue weighted by atomic mass is 10.0. The first-order valence-corrected chi connectivity index (χ1v) is 6.87. The fourth-order valence-electron chi connectivity index (χ4n) is 2.74. The van der Waals surface area contributed by atoms with Crippen molar-refractivity contribution in [3.8, 4) is 0 Å². The molecule has 0 saturated carbocycles. The molecule has 0 bridgehead atoms. The molecule has 1 atom stereocenters. The van der Waals surface area contributed by atoms with Crippen molar-refractivity contribution in [1.82, 2.24) is 10.2 Å². The Kier molecular flexibility index (Phi) is 3.08. The predicted molar refractivity (Wildman–Crippen MR) is 72.5 cm³/mol. The number of imide groups is 2. The van der Waals surface area contributed by atoms with Crippen LogP contribution in [-0.2, 0) is 16.0 Å². The minimum Gasteiger partial charge on any atom is -0.295 e. The molecule has 2 aliphatic rings. The quantitative estimate of drug-likeness (QED) is 0.809. The number of aryl methyl sites for hydroxylation is 1. The maximum Gasteiger partial charge on any atom is 0.262 e. The van der Waals surface area contributed by atoms with Crippen LogP contribution in [0.25, 0.3) is 0 Å². The van der Waals surface area contributed by atoms with E-state index in [-0.39, 0.29) is 18.7 Å². The van der Waals surface area contributed by atoms with Crippen molar-refractivity contribution in [3.63, 3.8) is 0 Å². The maximum atomic E-state index is 12.4. The van der Waals surface area contributed by atoms with Crippen LogP contribution in [0.3, 0.4) is 0 Å². The van der Waals surface area contributed by atoms with E-state index in [2.05, 4.69) is 5.32 Å². The Bertz CT molecular complexity index is 680. The van der Waals surface area contributed by atoms with E-state index >= 15 is 0 Å². The fourth-order valence-corrected chi connectivity index (χ4v) is 2.74. The topological polar surface area (TPSA) is 83.6 Å². The van der Waals surface area contributed by atoms with Gasteiger partial charge in [-0.3, -0.25) is 29.4 Å². The number of piperidine rings is 1. The van der Waals surface area contributed by atoms with Crippen molar-refractivity contribution in [2.24, 2.45) is 0 Å². The third kappa shape index (κ3) is 2.03. The van der Waals surface area contributed by atoms with Gasteiger partial charge in [0.25, 0.3) is 11.8 Å². The molecule has 1 aromatic carbocycles. The van der Waals surface area contributed by atoms with Crippen LogP contribution in [0.15, 0.2) is 18.2 Å². The Hall–Kier alpha value is -2.50. The smallest absolute Gasteiger partial charge is 0.262 e. The first-order chi connectivity index (χ1) is 10.0. The van der Waals surface area contributed by atoms with E-state index in [1.807, 2.05) is 6.92 Å². The van der Waals surface area contributed by atoms with E-state index in [0.717, 1.165) is 16.9 Å². The number of hydrogen-bond donors (Lipinski definition) is 1. The number of hydrogen-bond acceptors (Lipinski definition) is 4. The molecule has 2 heterocycles. The van der Waals surface area contributed by atoms with Crippen molar-refractivity contribution < 1.29 is 19.2 Å². The SMILES string of the molecule is CCc1ccc2c(c1)C(=O)N([C@@H]1CCC(=O)NC1=O)C2=O. The number of rotatable bonds is 2. The number of carbonyl (C=O) groups excluding carboxylic acids is 4. The fraction of sp³-hybridized carbons (Fsp3) is 0.333. The van der Waals surface area contributed by atoms with Gasteiger partial charge < -0.3 is 0 Å². The van der Waals surface area contributed by atoms with Crippen molar-refractivity contribution in [1.29, 1.82) is 0 Å². The molecule has 6 heteroatoms. The van der Waals surface area contributed by atoms with E-state index in [1.165, 1.54) is 0 Å². The van der Waals surface area contributed by atoms with Crippen LogP contribution in [0.5, 0.6) is 0 Å². The minimum absolute atomic E-state index is 0.129. The second-order valence-corrected chi connectivity index (χ2v) is 5.18. The lowest BCUT2D eigenvalue weighted by Gasteiger charge is -2.27. The number of amides is 4. The van der Waals surface area contributed by atoms with Gasteiger partial charge in [-0.1, -0.05) is 13.0 Å². The highest BCUT2D eigenvalue weighted by Crippen LogP contribution is 2.28. The van der Waals surface area contributed by atoms with E-state index in [0.29, 0.717) is 11.1 Å². The molecular weight excluding hydrogens is 272 g/mol. The first kappa shape index (κ1) is 13.5. The number of nitrogens with one attached hydrogen (secondary N) is 1. The highest BCUT2D eigenvalue weighted by Gasteiger charge is 2.44. The van der Waals surface area contributed by atoms with Crippen LogP contribution in [0.1, 0.15) is 46.0 Å². The molecule has 4 amide bonds. The van der Waals surface area contributed by atoms with Gasteiger partial charge in [0.05, 0.1) is 11.1 Å². The van der Waals surface area contributed by atoms with E-state index in [4.69, 9.17) is 0 Å². The molecular formula is C15H14N2O4. The van der Waals surface area contributed by atoms with Gasteiger partial charge in [0.1, 0.15) is 6.04 Å². The Morgan fingerprint density at radius 1 is 1.14 bits per heavy atom. The van der Waals surface area contributed by atoms with E-state index in [9.17, 15) is 19.2 Å². The zero-order valence-electron chi connectivity index (χ0n) is 11.5. The average Bonchev–Trinajstić information content (AvgIpc) is 2.71.